The van der Waals surface area contributed by atoms with Gasteiger partial charge in [0.25, 0.3) is 0 Å². The second-order valence-electron chi connectivity index (χ2n) is 4.78. The van der Waals surface area contributed by atoms with Gasteiger partial charge in [0.05, 0.1) is 22.4 Å². The highest BCUT2D eigenvalue weighted by molar-refractivity contribution is 9.09. The first kappa shape index (κ1) is 15.3. The molecule has 0 amide bonds. The molecule has 3 aromatic rings. The van der Waals surface area contributed by atoms with E-state index in [1.807, 2.05) is 42.5 Å². The van der Waals surface area contributed by atoms with Gasteiger partial charge in [-0.2, -0.15) is 0 Å². The topological polar surface area (TPSA) is 42.9 Å². The molecule has 0 saturated carbocycles. The third-order valence-electron chi connectivity index (χ3n) is 3.37. The summed E-state index contributed by atoms with van der Waals surface area (Å²) in [5.41, 5.74) is 4.62. The maximum absolute atomic E-state index is 12.5. The Hall–Kier alpha value is -1.59. The number of carbonyl (C=O) groups is 1. The summed E-state index contributed by atoms with van der Waals surface area (Å²) < 4.78 is 0. The van der Waals surface area contributed by atoms with E-state index in [4.69, 9.17) is 0 Å². The molecule has 110 valence electrons. The SMILES string of the molecule is O=C(c1ccccc1)c1ccc2nc(CBr)c(CBr)nc2c1. The molecule has 1 heterocycles. The summed E-state index contributed by atoms with van der Waals surface area (Å²) in [6, 6.07) is 14.7. The standard InChI is InChI=1S/C17H12Br2N2O/c18-9-15-16(10-19)21-14-8-12(6-7-13(14)20-15)17(22)11-4-2-1-3-5-11/h1-8H,9-10H2. The highest BCUT2D eigenvalue weighted by atomic mass is 79.9. The molecule has 2 aromatic carbocycles. The van der Waals surface area contributed by atoms with Crippen LogP contribution in [-0.2, 0) is 10.7 Å². The predicted molar refractivity (Wildman–Crippen MR) is 94.7 cm³/mol. The first-order valence-corrected chi connectivity index (χ1v) is 8.98. The minimum absolute atomic E-state index is 0.00531. The molecule has 3 nitrogen and oxygen atoms in total. The molecule has 0 N–H and O–H groups in total. The van der Waals surface area contributed by atoms with Crippen LogP contribution in [0.15, 0.2) is 48.5 Å². The van der Waals surface area contributed by atoms with Crippen LogP contribution in [0.5, 0.6) is 0 Å². The average molecular weight is 420 g/mol. The van der Waals surface area contributed by atoms with Gasteiger partial charge in [0.2, 0.25) is 0 Å². The number of hydrogen-bond donors (Lipinski definition) is 0. The number of benzene rings is 2. The molecule has 3 rings (SSSR count). The molecule has 0 aliphatic heterocycles. The zero-order valence-corrected chi connectivity index (χ0v) is 14.8. The number of ketones is 1. The zero-order valence-electron chi connectivity index (χ0n) is 11.6. The van der Waals surface area contributed by atoms with Crippen LogP contribution < -0.4 is 0 Å². The maximum Gasteiger partial charge on any atom is 0.193 e. The van der Waals surface area contributed by atoms with E-state index in [2.05, 4.69) is 41.8 Å². The summed E-state index contributed by atoms with van der Waals surface area (Å²) in [5.74, 6) is -0.00531. The minimum Gasteiger partial charge on any atom is -0.289 e. The lowest BCUT2D eigenvalue weighted by Crippen LogP contribution is -2.03. The Kier molecular flexibility index (Phi) is 4.64. The normalized spacial score (nSPS) is 10.8. The van der Waals surface area contributed by atoms with Crippen molar-refractivity contribution in [2.24, 2.45) is 0 Å². The van der Waals surface area contributed by atoms with Gasteiger partial charge in [0.15, 0.2) is 5.78 Å². The van der Waals surface area contributed by atoms with Crippen molar-refractivity contribution in [2.45, 2.75) is 10.7 Å². The van der Waals surface area contributed by atoms with Gasteiger partial charge in [-0.25, -0.2) is 9.97 Å². The van der Waals surface area contributed by atoms with Crippen LogP contribution in [0.25, 0.3) is 11.0 Å². The van der Waals surface area contributed by atoms with Crippen LogP contribution in [0, 0.1) is 0 Å². The van der Waals surface area contributed by atoms with Gasteiger partial charge in [-0.3, -0.25) is 4.79 Å². The molecule has 0 radical (unpaired) electrons. The number of carbonyl (C=O) groups excluding carboxylic acids is 1. The van der Waals surface area contributed by atoms with E-state index in [0.29, 0.717) is 21.8 Å². The van der Waals surface area contributed by atoms with E-state index in [-0.39, 0.29) is 5.78 Å². The van der Waals surface area contributed by atoms with Gasteiger partial charge in [0.1, 0.15) is 0 Å². The summed E-state index contributed by atoms with van der Waals surface area (Å²) in [7, 11) is 0. The number of halogens is 2. The molecule has 0 bridgehead atoms. The van der Waals surface area contributed by atoms with Crippen molar-refractivity contribution in [3.8, 4) is 0 Å². The van der Waals surface area contributed by atoms with Crippen molar-refractivity contribution in [3.05, 3.63) is 71.0 Å². The molecule has 1 aromatic heterocycles. The summed E-state index contributed by atoms with van der Waals surface area (Å²) in [6.07, 6.45) is 0. The van der Waals surface area contributed by atoms with Crippen molar-refractivity contribution in [2.75, 3.05) is 0 Å². The minimum atomic E-state index is -0.00531. The fraction of sp³-hybridized carbons (Fsp3) is 0.118. The Balaban J connectivity index is 2.08. The van der Waals surface area contributed by atoms with Crippen molar-refractivity contribution in [1.82, 2.24) is 9.97 Å². The van der Waals surface area contributed by atoms with Crippen LogP contribution in [0.3, 0.4) is 0 Å². The highest BCUT2D eigenvalue weighted by Gasteiger charge is 2.12. The molecule has 5 heteroatoms. The van der Waals surface area contributed by atoms with Crippen LogP contribution >= 0.6 is 31.9 Å². The summed E-state index contributed by atoms with van der Waals surface area (Å²) >= 11 is 6.85. The van der Waals surface area contributed by atoms with E-state index in [0.717, 1.165) is 22.4 Å². The van der Waals surface area contributed by atoms with Gasteiger partial charge in [-0.1, -0.05) is 62.2 Å². The van der Waals surface area contributed by atoms with Crippen molar-refractivity contribution < 1.29 is 4.79 Å². The highest BCUT2D eigenvalue weighted by Crippen LogP contribution is 2.20. The first-order chi connectivity index (χ1) is 10.7. The molecule has 0 spiro atoms. The van der Waals surface area contributed by atoms with Crippen LogP contribution in [0.4, 0.5) is 0 Å². The Morgan fingerprint density at radius 2 is 1.45 bits per heavy atom. The summed E-state index contributed by atoms with van der Waals surface area (Å²) in [5, 5.41) is 1.29. The number of hydrogen-bond acceptors (Lipinski definition) is 3. The molecule has 0 fully saturated rings. The van der Waals surface area contributed by atoms with Crippen molar-refractivity contribution in [3.63, 3.8) is 0 Å². The molecular formula is C17H12Br2N2O. The Bertz CT molecular complexity index is 835. The lowest BCUT2D eigenvalue weighted by atomic mass is 10.0. The van der Waals surface area contributed by atoms with Gasteiger partial charge < -0.3 is 0 Å². The van der Waals surface area contributed by atoms with E-state index >= 15 is 0 Å². The van der Waals surface area contributed by atoms with Crippen LogP contribution in [-0.4, -0.2) is 15.8 Å². The number of aromatic nitrogens is 2. The monoisotopic (exact) mass is 418 g/mol. The van der Waals surface area contributed by atoms with E-state index in [1.54, 1.807) is 6.07 Å². The number of nitrogens with zero attached hydrogens (tertiary/aromatic N) is 2. The van der Waals surface area contributed by atoms with Crippen LogP contribution in [0.1, 0.15) is 27.3 Å². The molecule has 0 aliphatic rings. The summed E-state index contributed by atoms with van der Waals surface area (Å²) in [4.78, 5) is 21.7. The Morgan fingerprint density at radius 1 is 0.818 bits per heavy atom. The van der Waals surface area contributed by atoms with Crippen LogP contribution in [0.2, 0.25) is 0 Å². The zero-order chi connectivity index (χ0) is 15.5. The Morgan fingerprint density at radius 3 is 2.09 bits per heavy atom. The van der Waals surface area contributed by atoms with Crippen molar-refractivity contribution >= 4 is 48.7 Å². The van der Waals surface area contributed by atoms with Gasteiger partial charge in [-0.05, 0) is 18.2 Å². The van der Waals surface area contributed by atoms with E-state index in [9.17, 15) is 4.79 Å². The molecule has 22 heavy (non-hydrogen) atoms. The smallest absolute Gasteiger partial charge is 0.193 e. The van der Waals surface area contributed by atoms with Gasteiger partial charge >= 0.3 is 0 Å². The second-order valence-corrected chi connectivity index (χ2v) is 5.90. The third-order valence-corrected chi connectivity index (χ3v) is 4.43. The average Bonchev–Trinajstić information content (AvgIpc) is 2.60. The number of fused-ring (bicyclic) bond motifs is 1. The lowest BCUT2D eigenvalue weighted by Gasteiger charge is -2.07. The quantitative estimate of drug-likeness (QED) is 0.456. The largest absolute Gasteiger partial charge is 0.289 e. The molecule has 0 saturated heterocycles. The molecular weight excluding hydrogens is 408 g/mol. The third kappa shape index (κ3) is 2.96. The predicted octanol–water partition coefficient (Wildman–Crippen LogP) is 4.65. The van der Waals surface area contributed by atoms with Gasteiger partial charge in [-0.15, -0.1) is 0 Å². The maximum atomic E-state index is 12.5. The Labute approximate surface area is 145 Å². The number of alkyl halides is 2. The number of rotatable bonds is 4. The van der Waals surface area contributed by atoms with Crippen molar-refractivity contribution in [1.29, 1.82) is 0 Å². The van der Waals surface area contributed by atoms with Gasteiger partial charge in [0, 0.05) is 21.8 Å². The molecule has 0 aliphatic carbocycles. The summed E-state index contributed by atoms with van der Waals surface area (Å²) in [6.45, 7) is 0. The fourth-order valence-electron chi connectivity index (χ4n) is 2.24. The second kappa shape index (κ2) is 6.67. The first-order valence-electron chi connectivity index (χ1n) is 6.74. The lowest BCUT2D eigenvalue weighted by molar-refractivity contribution is 0.103. The van der Waals surface area contributed by atoms with E-state index in [1.165, 1.54) is 0 Å². The van der Waals surface area contributed by atoms with E-state index < -0.39 is 0 Å². The fourth-order valence-corrected chi connectivity index (χ4v) is 3.14. The molecule has 0 unspecified atom stereocenters. The molecule has 0 atom stereocenters.